The number of carbonyl (C=O) groups excluding carboxylic acids is 4. The summed E-state index contributed by atoms with van der Waals surface area (Å²) in [5.74, 6) is -2.84. The van der Waals surface area contributed by atoms with E-state index < -0.39 is 74.8 Å². The van der Waals surface area contributed by atoms with E-state index in [9.17, 15) is 24.3 Å². The number of hydrogen-bond donors (Lipinski definition) is 1. The topological polar surface area (TPSA) is 139 Å². The molecule has 0 amide bonds. The van der Waals surface area contributed by atoms with Crippen molar-refractivity contribution in [3.8, 4) is 0 Å². The van der Waals surface area contributed by atoms with E-state index in [2.05, 4.69) is 0 Å². The molecule has 5 aliphatic rings. The van der Waals surface area contributed by atoms with Crippen LogP contribution in [0.1, 0.15) is 66.1 Å². The van der Waals surface area contributed by atoms with Gasteiger partial charge in [-0.15, -0.1) is 0 Å². The molecule has 1 aromatic rings. The lowest BCUT2D eigenvalue weighted by atomic mass is 9.49. The third kappa shape index (κ3) is 2.45. The number of allylic oxidation sites excluding steroid dienone is 2. The summed E-state index contributed by atoms with van der Waals surface area (Å²) in [4.78, 5) is 52.3. The van der Waals surface area contributed by atoms with Crippen LogP contribution in [0.2, 0.25) is 0 Å². The van der Waals surface area contributed by atoms with Gasteiger partial charge in [-0.1, -0.05) is 27.7 Å². The quantitative estimate of drug-likeness (QED) is 0.446. The van der Waals surface area contributed by atoms with Gasteiger partial charge in [0.1, 0.15) is 23.6 Å². The van der Waals surface area contributed by atoms with Crippen molar-refractivity contribution in [3.05, 3.63) is 36.0 Å². The third-order valence-corrected chi connectivity index (χ3v) is 11.3. The van der Waals surface area contributed by atoms with E-state index in [0.29, 0.717) is 17.7 Å². The Morgan fingerprint density at radius 2 is 1.85 bits per heavy atom. The lowest BCUT2D eigenvalue weighted by Crippen LogP contribution is -2.60. The van der Waals surface area contributed by atoms with Crippen LogP contribution < -0.4 is 0 Å². The maximum atomic E-state index is 13.4. The van der Waals surface area contributed by atoms with Gasteiger partial charge in [-0.2, -0.15) is 0 Å². The van der Waals surface area contributed by atoms with Gasteiger partial charge in [0.05, 0.1) is 31.5 Å². The van der Waals surface area contributed by atoms with Crippen molar-refractivity contribution in [2.75, 3.05) is 7.11 Å². The Morgan fingerprint density at radius 1 is 1.15 bits per heavy atom. The Morgan fingerprint density at radius 3 is 2.44 bits per heavy atom. The Hall–Kier alpha value is -3.14. The molecular formula is C29H34O10. The first-order valence-electron chi connectivity index (χ1n) is 13.2. The second-order valence-corrected chi connectivity index (χ2v) is 12.9. The Bertz CT molecular complexity index is 1340. The molecule has 0 bridgehead atoms. The fourth-order valence-electron chi connectivity index (χ4n) is 10.3. The van der Waals surface area contributed by atoms with Gasteiger partial charge in [0.25, 0.3) is 0 Å². The zero-order valence-electron chi connectivity index (χ0n) is 23.2. The van der Waals surface area contributed by atoms with Crippen molar-refractivity contribution in [1.29, 1.82) is 0 Å². The normalized spacial score (nSPS) is 45.4. The average molecular weight is 543 g/mol. The summed E-state index contributed by atoms with van der Waals surface area (Å²) in [7, 11) is 1.18. The molecule has 10 heteroatoms. The van der Waals surface area contributed by atoms with Crippen molar-refractivity contribution < 1.29 is 47.6 Å². The second kappa shape index (κ2) is 7.33. The number of furan rings is 1. The van der Waals surface area contributed by atoms with Crippen LogP contribution in [-0.2, 0) is 38.1 Å². The summed E-state index contributed by atoms with van der Waals surface area (Å²) in [5, 5.41) is 11.5. The molecule has 0 aromatic carbocycles. The van der Waals surface area contributed by atoms with E-state index in [4.69, 9.17) is 23.4 Å². The summed E-state index contributed by atoms with van der Waals surface area (Å²) >= 11 is 0. The van der Waals surface area contributed by atoms with Crippen molar-refractivity contribution in [1.82, 2.24) is 0 Å². The molecule has 3 heterocycles. The summed E-state index contributed by atoms with van der Waals surface area (Å²) in [6.07, 6.45) is 1.60. The van der Waals surface area contributed by atoms with E-state index >= 15 is 0 Å². The van der Waals surface area contributed by atoms with Crippen LogP contribution in [0.15, 0.2) is 34.8 Å². The molecule has 2 saturated heterocycles. The molecule has 10 nitrogen and oxygen atoms in total. The van der Waals surface area contributed by atoms with Gasteiger partial charge >= 0.3 is 17.9 Å². The number of aliphatic hydroxyl groups excluding tert-OH is 1. The number of carbonyl (C=O) groups is 4. The highest BCUT2D eigenvalue weighted by atomic mass is 16.6. The predicted octanol–water partition coefficient (Wildman–Crippen LogP) is 3.03. The van der Waals surface area contributed by atoms with Gasteiger partial charge in [-0.3, -0.25) is 14.4 Å². The fourth-order valence-corrected chi connectivity index (χ4v) is 10.3. The van der Waals surface area contributed by atoms with E-state index in [1.54, 1.807) is 19.9 Å². The molecule has 9 unspecified atom stereocenters. The van der Waals surface area contributed by atoms with E-state index in [1.807, 2.05) is 20.8 Å². The lowest BCUT2D eigenvalue weighted by molar-refractivity contribution is -0.192. The highest BCUT2D eigenvalue weighted by Crippen LogP contribution is 3.00. The largest absolute Gasteiger partial charge is 0.490 e. The Balaban J connectivity index is 1.66. The maximum absolute atomic E-state index is 13.4. The zero-order chi connectivity index (χ0) is 28.6. The number of hydrogen-bond acceptors (Lipinski definition) is 10. The van der Waals surface area contributed by atoms with Gasteiger partial charge in [0.2, 0.25) is 0 Å². The highest BCUT2D eigenvalue weighted by molar-refractivity contribution is 5.98. The van der Waals surface area contributed by atoms with Crippen LogP contribution >= 0.6 is 0 Å². The van der Waals surface area contributed by atoms with E-state index in [-0.39, 0.29) is 12.2 Å². The number of methoxy groups -OCH3 is 1. The van der Waals surface area contributed by atoms with Crippen molar-refractivity contribution in [2.24, 2.45) is 33.0 Å². The van der Waals surface area contributed by atoms with Gasteiger partial charge in [0, 0.05) is 46.1 Å². The molecule has 9 atom stereocenters. The molecule has 0 radical (unpaired) electrons. The molecule has 2 aliphatic heterocycles. The van der Waals surface area contributed by atoms with Crippen LogP contribution in [0.25, 0.3) is 0 Å². The molecule has 39 heavy (non-hydrogen) atoms. The first kappa shape index (κ1) is 26.1. The Labute approximate surface area is 226 Å². The molecule has 2 saturated carbocycles. The minimum atomic E-state index is -1.69. The summed E-state index contributed by atoms with van der Waals surface area (Å²) in [6, 6.07) is 1.74. The SMILES string of the molecule is COC(=O)C(O)C1C(C)(C)C(=O)C=C2OC3(C)C45CC(=O)OC(c6ccoc6)C4(C)CC(OC(C)=O)C35C21C. The number of aliphatic hydroxyl groups is 1. The summed E-state index contributed by atoms with van der Waals surface area (Å²) in [6.45, 7) is 10.4. The first-order chi connectivity index (χ1) is 18.1. The molecule has 210 valence electrons. The fraction of sp³-hybridized carbons (Fsp3) is 0.655. The van der Waals surface area contributed by atoms with Gasteiger partial charge < -0.3 is 28.5 Å². The minimum absolute atomic E-state index is 0.0234. The number of rotatable bonds is 4. The van der Waals surface area contributed by atoms with Crippen LogP contribution in [0, 0.1) is 33.0 Å². The zero-order valence-corrected chi connectivity index (χ0v) is 23.2. The Kier molecular flexibility index (Phi) is 4.90. The predicted molar refractivity (Wildman–Crippen MR) is 131 cm³/mol. The number of cyclic esters (lactones) is 1. The third-order valence-electron chi connectivity index (χ3n) is 11.3. The smallest absolute Gasteiger partial charge is 0.335 e. The second-order valence-electron chi connectivity index (χ2n) is 12.9. The molecule has 6 rings (SSSR count). The highest BCUT2D eigenvalue weighted by Gasteiger charge is 3.07. The number of ketones is 1. The molecular weight excluding hydrogens is 508 g/mol. The molecule has 1 aromatic heterocycles. The molecule has 3 aliphatic carbocycles. The van der Waals surface area contributed by atoms with Crippen molar-refractivity contribution >= 4 is 23.7 Å². The van der Waals surface area contributed by atoms with Crippen molar-refractivity contribution in [2.45, 2.75) is 78.3 Å². The standard InChI is InChI=1S/C29H34O10/c1-14(30)37-18-11-25(4)22(15-8-9-36-13-15)38-19(32)12-28(25)27(6)29(18,28)26(5)17(39-27)10-16(31)24(2,3)21(26)20(33)23(34)35-7/h8-10,13,18,20-22,33H,11-12H2,1-7H3. The summed E-state index contributed by atoms with van der Waals surface area (Å²) in [5.41, 5.74) is -5.66. The van der Waals surface area contributed by atoms with Gasteiger partial charge in [-0.05, 0) is 19.4 Å². The van der Waals surface area contributed by atoms with Crippen LogP contribution in [0.4, 0.5) is 0 Å². The van der Waals surface area contributed by atoms with Gasteiger partial charge in [-0.25, -0.2) is 4.79 Å². The van der Waals surface area contributed by atoms with Crippen LogP contribution in [0.5, 0.6) is 0 Å². The lowest BCUT2D eigenvalue weighted by Gasteiger charge is -2.54. The van der Waals surface area contributed by atoms with Gasteiger partial charge in [0.15, 0.2) is 11.9 Å². The minimum Gasteiger partial charge on any atom is -0.490 e. The summed E-state index contributed by atoms with van der Waals surface area (Å²) < 4.78 is 29.1. The van der Waals surface area contributed by atoms with Crippen LogP contribution in [0.3, 0.4) is 0 Å². The van der Waals surface area contributed by atoms with E-state index in [1.165, 1.54) is 32.6 Å². The maximum Gasteiger partial charge on any atom is 0.335 e. The molecule has 1 N–H and O–H groups in total. The molecule has 4 fully saturated rings. The average Bonchev–Trinajstić information content (AvgIpc) is 3.27. The molecule has 2 spiro atoms. The van der Waals surface area contributed by atoms with Crippen LogP contribution in [-0.4, -0.2) is 53.7 Å². The first-order valence-corrected chi connectivity index (χ1v) is 13.2. The number of esters is 3. The monoisotopic (exact) mass is 542 g/mol. The van der Waals surface area contributed by atoms with E-state index in [0.717, 1.165) is 0 Å². The number of ether oxygens (including phenoxy) is 4. The number of fused-ring (bicyclic) bond motifs is 1. The van der Waals surface area contributed by atoms with Crippen molar-refractivity contribution in [3.63, 3.8) is 0 Å².